The summed E-state index contributed by atoms with van der Waals surface area (Å²) in [5.41, 5.74) is 2.23. The molecule has 0 aliphatic heterocycles. The van der Waals surface area contributed by atoms with Gasteiger partial charge in [-0.15, -0.1) is 0 Å². The van der Waals surface area contributed by atoms with Gasteiger partial charge in [-0.05, 0) is 43.3 Å². The van der Waals surface area contributed by atoms with E-state index < -0.39 is 0 Å². The quantitative estimate of drug-likeness (QED) is 0.683. The van der Waals surface area contributed by atoms with Crippen LogP contribution in [0.5, 0.6) is 0 Å². The molecule has 0 bridgehead atoms. The average molecular weight is 166 g/mol. The Morgan fingerprint density at radius 2 is 2.42 bits per heavy atom. The smallest absolute Gasteiger partial charge is 0.0784 e. The molecule has 0 saturated heterocycles. The van der Waals surface area contributed by atoms with Crippen LogP contribution >= 0.6 is 0 Å². The normalized spacial score (nSPS) is 20.0. The van der Waals surface area contributed by atoms with E-state index in [9.17, 15) is 5.11 Å². The Morgan fingerprint density at radius 1 is 1.67 bits per heavy atom. The second-order valence-corrected chi connectivity index (χ2v) is 3.42. The molecule has 1 aliphatic rings. The lowest BCUT2D eigenvalue weighted by atomic mass is 9.91. The Bertz CT molecular complexity index is 191. The minimum absolute atomic E-state index is 0.325. The van der Waals surface area contributed by atoms with Gasteiger partial charge < -0.3 is 5.11 Å². The van der Waals surface area contributed by atoms with Gasteiger partial charge in [0.15, 0.2) is 0 Å². The molecule has 0 aromatic carbocycles. The van der Waals surface area contributed by atoms with Crippen molar-refractivity contribution in [2.45, 2.75) is 45.1 Å². The van der Waals surface area contributed by atoms with E-state index in [0.29, 0.717) is 0 Å². The van der Waals surface area contributed by atoms with Crippen LogP contribution < -0.4 is 0 Å². The van der Waals surface area contributed by atoms with Crippen LogP contribution in [0.3, 0.4) is 0 Å². The Hall–Kier alpha value is -0.560. The molecule has 0 spiro atoms. The van der Waals surface area contributed by atoms with E-state index in [0.717, 1.165) is 24.8 Å². The second-order valence-electron chi connectivity index (χ2n) is 3.42. The van der Waals surface area contributed by atoms with E-state index in [2.05, 4.69) is 12.7 Å². The zero-order valence-corrected chi connectivity index (χ0v) is 7.84. The van der Waals surface area contributed by atoms with Crippen molar-refractivity contribution in [3.05, 3.63) is 23.8 Å². The first kappa shape index (κ1) is 9.53. The summed E-state index contributed by atoms with van der Waals surface area (Å²) in [4.78, 5) is 0. The molecule has 68 valence electrons. The third-order valence-electron chi connectivity index (χ3n) is 2.49. The zero-order chi connectivity index (χ0) is 8.97. The predicted molar refractivity (Wildman–Crippen MR) is 52.0 cm³/mol. The van der Waals surface area contributed by atoms with E-state index in [1.165, 1.54) is 18.4 Å². The largest absolute Gasteiger partial charge is 0.388 e. The minimum Gasteiger partial charge on any atom is -0.388 e. The van der Waals surface area contributed by atoms with Crippen LogP contribution in [0.4, 0.5) is 0 Å². The number of allylic oxidation sites excluding steroid dienone is 1. The maximum absolute atomic E-state index is 9.54. The molecule has 0 aromatic heterocycles. The molecule has 0 fully saturated rings. The Balaban J connectivity index is 2.56. The average Bonchev–Trinajstić information content (AvgIpc) is 2.17. The SMILES string of the molecule is C=C(C1=CCCCC1)C(O)CC. The van der Waals surface area contributed by atoms with Gasteiger partial charge >= 0.3 is 0 Å². The van der Waals surface area contributed by atoms with Gasteiger partial charge in [-0.2, -0.15) is 0 Å². The van der Waals surface area contributed by atoms with E-state index in [1.54, 1.807) is 0 Å². The van der Waals surface area contributed by atoms with Crippen LogP contribution in [0.2, 0.25) is 0 Å². The van der Waals surface area contributed by atoms with Crippen LogP contribution in [0, 0.1) is 0 Å². The maximum atomic E-state index is 9.54. The van der Waals surface area contributed by atoms with Gasteiger partial charge in [-0.25, -0.2) is 0 Å². The molecule has 0 amide bonds. The van der Waals surface area contributed by atoms with Gasteiger partial charge in [0.1, 0.15) is 0 Å². The summed E-state index contributed by atoms with van der Waals surface area (Å²) in [6.45, 7) is 5.92. The summed E-state index contributed by atoms with van der Waals surface area (Å²) < 4.78 is 0. The first-order chi connectivity index (χ1) is 5.75. The van der Waals surface area contributed by atoms with Crippen molar-refractivity contribution in [1.82, 2.24) is 0 Å². The Morgan fingerprint density at radius 3 is 2.92 bits per heavy atom. The lowest BCUT2D eigenvalue weighted by molar-refractivity contribution is 0.208. The highest BCUT2D eigenvalue weighted by Gasteiger charge is 2.12. The number of hydrogen-bond acceptors (Lipinski definition) is 1. The summed E-state index contributed by atoms with van der Waals surface area (Å²) in [6.07, 6.45) is 7.48. The summed E-state index contributed by atoms with van der Waals surface area (Å²) in [7, 11) is 0. The third-order valence-corrected chi connectivity index (χ3v) is 2.49. The van der Waals surface area contributed by atoms with Crippen molar-refractivity contribution in [3.63, 3.8) is 0 Å². The van der Waals surface area contributed by atoms with Crippen LogP contribution in [0.1, 0.15) is 39.0 Å². The Labute approximate surface area is 74.8 Å². The van der Waals surface area contributed by atoms with Gasteiger partial charge in [-0.3, -0.25) is 0 Å². The zero-order valence-electron chi connectivity index (χ0n) is 7.84. The van der Waals surface area contributed by atoms with Crippen molar-refractivity contribution in [2.75, 3.05) is 0 Å². The first-order valence-corrected chi connectivity index (χ1v) is 4.82. The maximum Gasteiger partial charge on any atom is 0.0784 e. The van der Waals surface area contributed by atoms with Crippen LogP contribution in [0.15, 0.2) is 23.8 Å². The molecular weight excluding hydrogens is 148 g/mol. The molecular formula is C11H18O. The lowest BCUT2D eigenvalue weighted by Gasteiger charge is -2.18. The summed E-state index contributed by atoms with van der Waals surface area (Å²) >= 11 is 0. The number of aliphatic hydroxyl groups is 1. The van der Waals surface area contributed by atoms with Crippen LogP contribution in [-0.4, -0.2) is 11.2 Å². The van der Waals surface area contributed by atoms with Crippen LogP contribution in [0.25, 0.3) is 0 Å². The highest BCUT2D eigenvalue weighted by Crippen LogP contribution is 2.25. The van der Waals surface area contributed by atoms with Gasteiger partial charge in [0.25, 0.3) is 0 Å². The standard InChI is InChI=1S/C11H18O/c1-3-11(12)9(2)10-7-5-4-6-8-10/h7,11-12H,2-6,8H2,1H3. The summed E-state index contributed by atoms with van der Waals surface area (Å²) in [6, 6.07) is 0. The van der Waals surface area contributed by atoms with Crippen molar-refractivity contribution in [2.24, 2.45) is 0 Å². The molecule has 1 aliphatic carbocycles. The second kappa shape index (κ2) is 4.46. The van der Waals surface area contributed by atoms with Gasteiger partial charge in [-0.1, -0.05) is 19.6 Å². The van der Waals surface area contributed by atoms with Crippen molar-refractivity contribution < 1.29 is 5.11 Å². The first-order valence-electron chi connectivity index (χ1n) is 4.82. The van der Waals surface area contributed by atoms with E-state index in [1.807, 2.05) is 6.92 Å². The third kappa shape index (κ3) is 2.21. The molecule has 1 atom stereocenters. The van der Waals surface area contributed by atoms with Crippen molar-refractivity contribution in [1.29, 1.82) is 0 Å². The lowest BCUT2D eigenvalue weighted by Crippen LogP contribution is -2.10. The number of hydrogen-bond donors (Lipinski definition) is 1. The molecule has 0 aromatic rings. The minimum atomic E-state index is -0.325. The fourth-order valence-electron chi connectivity index (χ4n) is 1.59. The molecule has 0 saturated carbocycles. The van der Waals surface area contributed by atoms with Gasteiger partial charge in [0.2, 0.25) is 0 Å². The monoisotopic (exact) mass is 166 g/mol. The number of rotatable bonds is 3. The highest BCUT2D eigenvalue weighted by molar-refractivity contribution is 5.32. The fourth-order valence-corrected chi connectivity index (χ4v) is 1.59. The molecule has 1 nitrogen and oxygen atoms in total. The van der Waals surface area contributed by atoms with Gasteiger partial charge in [0, 0.05) is 0 Å². The Kier molecular flexibility index (Phi) is 3.54. The highest BCUT2D eigenvalue weighted by atomic mass is 16.3. The fraction of sp³-hybridized carbons (Fsp3) is 0.636. The van der Waals surface area contributed by atoms with E-state index in [4.69, 9.17) is 0 Å². The van der Waals surface area contributed by atoms with Crippen LogP contribution in [-0.2, 0) is 0 Å². The number of aliphatic hydroxyl groups excluding tert-OH is 1. The summed E-state index contributed by atoms with van der Waals surface area (Å²) in [5, 5.41) is 9.54. The van der Waals surface area contributed by atoms with Crippen molar-refractivity contribution >= 4 is 0 Å². The topological polar surface area (TPSA) is 20.2 Å². The molecule has 0 radical (unpaired) electrons. The summed E-state index contributed by atoms with van der Waals surface area (Å²) in [5.74, 6) is 0. The molecule has 1 unspecified atom stereocenters. The van der Waals surface area contributed by atoms with E-state index >= 15 is 0 Å². The molecule has 1 rings (SSSR count). The van der Waals surface area contributed by atoms with Gasteiger partial charge in [0.05, 0.1) is 6.10 Å². The molecule has 12 heavy (non-hydrogen) atoms. The van der Waals surface area contributed by atoms with Crippen molar-refractivity contribution in [3.8, 4) is 0 Å². The van der Waals surface area contributed by atoms with E-state index in [-0.39, 0.29) is 6.10 Å². The molecule has 1 heteroatoms. The predicted octanol–water partition coefficient (Wildman–Crippen LogP) is 2.81. The molecule has 1 N–H and O–H groups in total. The molecule has 0 heterocycles.